The lowest BCUT2D eigenvalue weighted by molar-refractivity contribution is 0.0675. The average molecular weight is 656 g/mol. The van der Waals surface area contributed by atoms with Gasteiger partial charge in [-0.05, 0) is 89.1 Å². The zero-order valence-corrected chi connectivity index (χ0v) is 28.8. The quantitative estimate of drug-likeness (QED) is 0.123. The number of amides is 1. The number of carbonyl (C=O) groups is 1. The zero-order chi connectivity index (χ0) is 34.4. The summed E-state index contributed by atoms with van der Waals surface area (Å²) in [6.07, 6.45) is 1.45. The Labute approximate surface area is 286 Å². The van der Waals surface area contributed by atoms with E-state index in [1.807, 2.05) is 68.4 Å². The molecule has 3 heterocycles. The first-order valence-corrected chi connectivity index (χ1v) is 17.0. The number of anilines is 3. The third kappa shape index (κ3) is 5.03. The van der Waals surface area contributed by atoms with Gasteiger partial charge in [-0.25, -0.2) is 9.80 Å². The van der Waals surface area contributed by atoms with E-state index < -0.39 is 11.2 Å². The van der Waals surface area contributed by atoms with Gasteiger partial charge in [0.1, 0.15) is 22.6 Å². The third-order valence-corrected chi connectivity index (χ3v) is 9.63. The van der Waals surface area contributed by atoms with Crippen LogP contribution in [0.5, 0.6) is 11.5 Å². The van der Waals surface area contributed by atoms with Crippen molar-refractivity contribution < 1.29 is 13.9 Å². The average Bonchev–Trinajstić information content (AvgIpc) is 3.34. The number of carbonyl (C=O) groups excluding carboxylic acids is 1. The van der Waals surface area contributed by atoms with Gasteiger partial charge in [0.25, 0.3) is 5.91 Å². The van der Waals surface area contributed by atoms with Crippen molar-refractivity contribution >= 4 is 40.2 Å². The number of fused-ring (bicyclic) bond motifs is 7. The predicted molar refractivity (Wildman–Crippen MR) is 197 cm³/mol. The lowest BCUT2D eigenvalue weighted by atomic mass is 9.74. The predicted octanol–water partition coefficient (Wildman–Crippen LogP) is 8.01. The van der Waals surface area contributed by atoms with Gasteiger partial charge in [0.2, 0.25) is 0 Å². The minimum Gasteiger partial charge on any atom is -0.456 e. The minimum atomic E-state index is -1.17. The molecule has 2 aliphatic rings. The summed E-state index contributed by atoms with van der Waals surface area (Å²) in [6.45, 7) is 15.5. The molecule has 0 unspecified atom stereocenters. The third-order valence-electron chi connectivity index (χ3n) is 9.63. The number of nitrogens with one attached hydrogen (secondary N) is 2. The molecule has 0 saturated heterocycles. The van der Waals surface area contributed by atoms with Crippen LogP contribution in [-0.4, -0.2) is 43.3 Å². The van der Waals surface area contributed by atoms with Gasteiger partial charge >= 0.3 is 5.63 Å². The van der Waals surface area contributed by atoms with Gasteiger partial charge in [-0.1, -0.05) is 18.2 Å². The number of aryl methyl sites for hydroxylation is 2. The fourth-order valence-electron chi connectivity index (χ4n) is 7.27. The van der Waals surface area contributed by atoms with Gasteiger partial charge in [0.05, 0.1) is 11.8 Å². The molecular weight excluding hydrogens is 614 g/mol. The summed E-state index contributed by atoms with van der Waals surface area (Å²) in [5, 5.41) is 14.1. The van der Waals surface area contributed by atoms with E-state index in [-0.39, 0.29) is 11.5 Å². The minimum absolute atomic E-state index is 0.242. The first kappa shape index (κ1) is 32.0. The fourth-order valence-corrected chi connectivity index (χ4v) is 7.27. The lowest BCUT2D eigenvalue weighted by Crippen LogP contribution is -2.44. The molecule has 4 aromatic carbocycles. The van der Waals surface area contributed by atoms with Crippen LogP contribution in [0, 0.1) is 13.8 Å². The van der Waals surface area contributed by atoms with Crippen LogP contribution >= 0.6 is 0 Å². The van der Waals surface area contributed by atoms with Gasteiger partial charge in [-0.15, -0.1) is 0 Å². The molecule has 0 saturated carbocycles. The normalized spacial score (nSPS) is 14.2. The molecule has 0 aliphatic carbocycles. The van der Waals surface area contributed by atoms with Gasteiger partial charge in [0, 0.05) is 89.1 Å². The largest absolute Gasteiger partial charge is 0.456 e. The van der Waals surface area contributed by atoms with Crippen LogP contribution in [0.15, 0.2) is 87.1 Å². The lowest BCUT2D eigenvalue weighted by Gasteiger charge is -2.42. The van der Waals surface area contributed by atoms with Crippen LogP contribution < -0.4 is 25.9 Å². The van der Waals surface area contributed by atoms with Gasteiger partial charge in [0.15, 0.2) is 0 Å². The van der Waals surface area contributed by atoms with Crippen molar-refractivity contribution in [3.8, 4) is 11.5 Å². The van der Waals surface area contributed by atoms with Crippen LogP contribution in [0.1, 0.15) is 71.4 Å². The van der Waals surface area contributed by atoms with Crippen molar-refractivity contribution in [3.63, 3.8) is 0 Å². The Bertz CT molecular complexity index is 2140. The molecule has 0 fully saturated rings. The summed E-state index contributed by atoms with van der Waals surface area (Å²) in [5.41, 5.74) is 6.85. The molecule has 0 radical (unpaired) electrons. The SMILES string of the molecule is CCNc1cc2c(cc1C)C1(c3cc(C)c(NCC)cc3O2)c2ccccc2C(=O)N1/N=C/c1cc2ccc(N(CC)CC)cc2oc1=O. The topological polar surface area (TPSA) is 99.4 Å². The summed E-state index contributed by atoms with van der Waals surface area (Å²) in [4.78, 5) is 30.1. The molecular formula is C40H41N5O4. The summed E-state index contributed by atoms with van der Waals surface area (Å²) < 4.78 is 12.5. The summed E-state index contributed by atoms with van der Waals surface area (Å²) in [5.74, 6) is 0.972. The highest BCUT2D eigenvalue weighted by Crippen LogP contribution is 2.59. The maximum absolute atomic E-state index is 14.5. The smallest absolute Gasteiger partial charge is 0.345 e. The Hall–Kier alpha value is -5.57. The molecule has 7 rings (SSSR count). The second kappa shape index (κ2) is 12.5. The van der Waals surface area contributed by atoms with Crippen molar-refractivity contribution in [2.75, 3.05) is 41.7 Å². The van der Waals surface area contributed by atoms with E-state index in [4.69, 9.17) is 14.3 Å². The van der Waals surface area contributed by atoms with Crippen molar-refractivity contribution in [3.05, 3.63) is 122 Å². The van der Waals surface area contributed by atoms with Crippen LogP contribution in [0.3, 0.4) is 0 Å². The Morgan fingerprint density at radius 3 is 2.04 bits per heavy atom. The van der Waals surface area contributed by atoms with Crippen molar-refractivity contribution in [2.24, 2.45) is 5.10 Å². The zero-order valence-electron chi connectivity index (χ0n) is 28.8. The number of rotatable bonds is 9. The van der Waals surface area contributed by atoms with Crippen molar-refractivity contribution in [1.82, 2.24) is 5.01 Å². The number of nitrogens with zero attached hydrogens (tertiary/aromatic N) is 3. The van der Waals surface area contributed by atoms with Crippen molar-refractivity contribution in [1.29, 1.82) is 0 Å². The van der Waals surface area contributed by atoms with E-state index in [0.29, 0.717) is 22.6 Å². The highest BCUT2D eigenvalue weighted by Gasteiger charge is 2.57. The highest BCUT2D eigenvalue weighted by molar-refractivity contribution is 6.03. The molecule has 1 spiro atoms. The van der Waals surface area contributed by atoms with Gasteiger partial charge < -0.3 is 24.7 Å². The van der Waals surface area contributed by atoms with E-state index >= 15 is 0 Å². The monoisotopic (exact) mass is 655 g/mol. The molecule has 2 aliphatic heterocycles. The fraction of sp³-hybridized carbons (Fsp3) is 0.275. The molecule has 250 valence electrons. The van der Waals surface area contributed by atoms with E-state index in [0.717, 1.165) is 76.4 Å². The molecule has 49 heavy (non-hydrogen) atoms. The molecule has 2 N–H and O–H groups in total. The second-order valence-electron chi connectivity index (χ2n) is 12.5. The number of benzene rings is 4. The molecule has 9 heteroatoms. The molecule has 9 nitrogen and oxygen atoms in total. The number of hydrazone groups is 1. The number of hydrogen-bond acceptors (Lipinski definition) is 8. The maximum Gasteiger partial charge on any atom is 0.345 e. The summed E-state index contributed by atoms with van der Waals surface area (Å²) >= 11 is 0. The molecule has 1 aromatic heterocycles. The van der Waals surface area contributed by atoms with E-state index in [1.54, 1.807) is 6.07 Å². The Balaban J connectivity index is 1.45. The van der Waals surface area contributed by atoms with Crippen LogP contribution in [0.25, 0.3) is 11.0 Å². The van der Waals surface area contributed by atoms with Crippen LogP contribution in [0.2, 0.25) is 0 Å². The first-order valence-electron chi connectivity index (χ1n) is 17.0. The first-order chi connectivity index (χ1) is 23.7. The number of hydrogen-bond donors (Lipinski definition) is 2. The Kier molecular flexibility index (Phi) is 8.14. The molecule has 0 bridgehead atoms. The van der Waals surface area contributed by atoms with E-state index in [9.17, 15) is 9.59 Å². The second-order valence-corrected chi connectivity index (χ2v) is 12.5. The summed E-state index contributed by atoms with van der Waals surface area (Å²) in [7, 11) is 0. The maximum atomic E-state index is 14.5. The molecule has 5 aromatic rings. The highest BCUT2D eigenvalue weighted by atomic mass is 16.5. The van der Waals surface area contributed by atoms with Gasteiger partial charge in [-0.2, -0.15) is 5.10 Å². The van der Waals surface area contributed by atoms with Crippen LogP contribution in [-0.2, 0) is 5.54 Å². The Morgan fingerprint density at radius 2 is 1.43 bits per heavy atom. The summed E-state index contributed by atoms with van der Waals surface area (Å²) in [6, 6.07) is 23.4. The standard InChI is InChI=1S/C40H41N5O4/c1-7-41-33-21-36-31(17-24(33)5)40(32-18-25(6)34(42-8-2)22-37(32)48-36)30-14-12-11-13-29(30)38(46)45(40)43-23-27-19-26-15-16-28(44(9-3)10-4)20-35(26)49-39(27)47/h11-23,41-42H,7-10H2,1-6H3/b43-23+. The van der Waals surface area contributed by atoms with E-state index in [2.05, 4.69) is 55.4 Å². The molecule has 1 amide bonds. The van der Waals surface area contributed by atoms with Gasteiger partial charge in [-0.3, -0.25) is 4.79 Å². The van der Waals surface area contributed by atoms with E-state index in [1.165, 1.54) is 11.2 Å². The Morgan fingerprint density at radius 1 is 0.796 bits per heavy atom. The molecule has 0 atom stereocenters. The van der Waals surface area contributed by atoms with Crippen LogP contribution in [0.4, 0.5) is 17.1 Å². The number of ether oxygens (including phenoxy) is 1. The van der Waals surface area contributed by atoms with Crippen molar-refractivity contribution in [2.45, 2.75) is 47.1 Å².